The second-order valence-corrected chi connectivity index (χ2v) is 6.26. The van der Waals surface area contributed by atoms with Crippen molar-refractivity contribution in [3.8, 4) is 6.07 Å². The molecule has 1 aliphatic heterocycles. The zero-order valence-electron chi connectivity index (χ0n) is 12.3. The minimum absolute atomic E-state index is 0.375. The highest BCUT2D eigenvalue weighted by Crippen LogP contribution is 2.29. The van der Waals surface area contributed by atoms with Crippen molar-refractivity contribution < 1.29 is 0 Å². The molecule has 5 nitrogen and oxygen atoms in total. The molecule has 0 N–H and O–H groups in total. The molecule has 1 aromatic carbocycles. The lowest BCUT2D eigenvalue weighted by atomic mass is 10.2. The first kappa shape index (κ1) is 14.8. The average molecular weight is 358 g/mol. The van der Waals surface area contributed by atoms with Crippen LogP contribution in [0.4, 0.5) is 11.5 Å². The zero-order valence-corrected chi connectivity index (χ0v) is 13.9. The second kappa shape index (κ2) is 6.32. The van der Waals surface area contributed by atoms with Gasteiger partial charge in [-0.2, -0.15) is 5.26 Å². The number of benzene rings is 1. The SMILES string of the molecule is CN(c1ccncn1)C1CCN(c2cc(Br)ccc2C#N)C1. The fourth-order valence-corrected chi connectivity index (χ4v) is 3.17. The van der Waals surface area contributed by atoms with Crippen LogP contribution >= 0.6 is 15.9 Å². The summed E-state index contributed by atoms with van der Waals surface area (Å²) >= 11 is 3.49. The van der Waals surface area contributed by atoms with Crippen LogP contribution in [0.1, 0.15) is 12.0 Å². The lowest BCUT2D eigenvalue weighted by Gasteiger charge is -2.26. The Bertz CT molecular complexity index is 697. The molecule has 6 heteroatoms. The lowest BCUT2D eigenvalue weighted by Crippen LogP contribution is -2.35. The summed E-state index contributed by atoms with van der Waals surface area (Å²) in [5.74, 6) is 0.927. The minimum atomic E-state index is 0.375. The molecule has 0 radical (unpaired) electrons. The van der Waals surface area contributed by atoms with Crippen molar-refractivity contribution in [3.05, 3.63) is 46.8 Å². The Kier molecular flexibility index (Phi) is 4.25. The molecule has 2 heterocycles. The average Bonchev–Trinajstić information content (AvgIpc) is 3.04. The number of anilines is 2. The van der Waals surface area contributed by atoms with Gasteiger partial charge in [-0.3, -0.25) is 0 Å². The maximum atomic E-state index is 9.30. The Morgan fingerprint density at radius 1 is 1.41 bits per heavy atom. The number of hydrogen-bond donors (Lipinski definition) is 0. The largest absolute Gasteiger partial charge is 0.368 e. The van der Waals surface area contributed by atoms with Crippen LogP contribution in [0.2, 0.25) is 0 Å². The molecule has 1 atom stereocenters. The predicted molar refractivity (Wildman–Crippen MR) is 89.9 cm³/mol. The molecule has 1 fully saturated rings. The number of rotatable bonds is 3. The standard InChI is InChI=1S/C16H16BrN5/c1-21(16-4-6-19-11-20-16)14-5-7-22(10-14)15-8-13(17)3-2-12(15)9-18/h2-4,6,8,11,14H,5,7,10H2,1H3. The molecule has 22 heavy (non-hydrogen) atoms. The molecule has 112 valence electrons. The summed E-state index contributed by atoms with van der Waals surface area (Å²) in [4.78, 5) is 12.7. The molecule has 0 saturated carbocycles. The predicted octanol–water partition coefficient (Wildman–Crippen LogP) is 2.83. The van der Waals surface area contributed by atoms with Crippen LogP contribution in [0, 0.1) is 11.3 Å². The van der Waals surface area contributed by atoms with E-state index in [0.29, 0.717) is 11.6 Å². The Balaban J connectivity index is 1.78. The summed E-state index contributed by atoms with van der Waals surface area (Å²) in [6.07, 6.45) is 4.37. The highest BCUT2D eigenvalue weighted by atomic mass is 79.9. The first-order chi connectivity index (χ1) is 10.7. The molecular weight excluding hydrogens is 342 g/mol. The molecule has 1 aromatic heterocycles. The third-order valence-electron chi connectivity index (χ3n) is 4.06. The summed E-state index contributed by atoms with van der Waals surface area (Å²) < 4.78 is 0.995. The van der Waals surface area contributed by atoms with E-state index in [2.05, 4.69) is 48.8 Å². The van der Waals surface area contributed by atoms with Gasteiger partial charge < -0.3 is 9.80 Å². The summed E-state index contributed by atoms with van der Waals surface area (Å²) in [5.41, 5.74) is 1.71. The minimum Gasteiger partial charge on any atom is -0.368 e. The molecular formula is C16H16BrN5. The van der Waals surface area contributed by atoms with Gasteiger partial charge in [-0.05, 0) is 30.7 Å². The van der Waals surface area contributed by atoms with Crippen molar-refractivity contribution in [2.24, 2.45) is 0 Å². The maximum Gasteiger partial charge on any atom is 0.131 e. The number of nitriles is 1. The van der Waals surface area contributed by atoms with Gasteiger partial charge in [0.2, 0.25) is 0 Å². The van der Waals surface area contributed by atoms with E-state index in [9.17, 15) is 5.26 Å². The lowest BCUT2D eigenvalue weighted by molar-refractivity contribution is 0.683. The highest BCUT2D eigenvalue weighted by molar-refractivity contribution is 9.10. The first-order valence-corrected chi connectivity index (χ1v) is 7.92. The van der Waals surface area contributed by atoms with Crippen LogP contribution in [-0.4, -0.2) is 36.1 Å². The fourth-order valence-electron chi connectivity index (χ4n) is 2.82. The summed E-state index contributed by atoms with van der Waals surface area (Å²) in [5, 5.41) is 9.30. The Hall–Kier alpha value is -2.13. The van der Waals surface area contributed by atoms with Crippen LogP contribution in [0.25, 0.3) is 0 Å². The quantitative estimate of drug-likeness (QED) is 0.845. The van der Waals surface area contributed by atoms with E-state index in [1.165, 1.54) is 0 Å². The third kappa shape index (κ3) is 2.90. The van der Waals surface area contributed by atoms with Crippen molar-refractivity contribution >= 4 is 27.4 Å². The van der Waals surface area contributed by atoms with Gasteiger partial charge in [0.15, 0.2) is 0 Å². The van der Waals surface area contributed by atoms with Gasteiger partial charge >= 0.3 is 0 Å². The summed E-state index contributed by atoms with van der Waals surface area (Å²) in [7, 11) is 2.06. The summed E-state index contributed by atoms with van der Waals surface area (Å²) in [6, 6.07) is 10.4. The van der Waals surface area contributed by atoms with E-state index < -0.39 is 0 Å². The van der Waals surface area contributed by atoms with Crippen LogP contribution in [0.3, 0.4) is 0 Å². The third-order valence-corrected chi connectivity index (χ3v) is 4.55. The monoisotopic (exact) mass is 357 g/mol. The van der Waals surface area contributed by atoms with E-state index >= 15 is 0 Å². The number of halogens is 1. The molecule has 0 bridgehead atoms. The normalized spacial score (nSPS) is 17.3. The smallest absolute Gasteiger partial charge is 0.131 e. The van der Waals surface area contributed by atoms with Crippen LogP contribution in [0.15, 0.2) is 41.3 Å². The number of hydrogen-bond acceptors (Lipinski definition) is 5. The van der Waals surface area contributed by atoms with Crippen molar-refractivity contribution in [3.63, 3.8) is 0 Å². The van der Waals surface area contributed by atoms with E-state index in [4.69, 9.17) is 0 Å². The van der Waals surface area contributed by atoms with Gasteiger partial charge in [-0.1, -0.05) is 15.9 Å². The zero-order chi connectivity index (χ0) is 15.5. The second-order valence-electron chi connectivity index (χ2n) is 5.34. The van der Waals surface area contributed by atoms with E-state index in [1.54, 1.807) is 12.5 Å². The molecule has 3 rings (SSSR count). The van der Waals surface area contributed by atoms with E-state index in [0.717, 1.165) is 35.5 Å². The van der Waals surface area contributed by atoms with Gasteiger partial charge in [0.1, 0.15) is 18.2 Å². The molecule has 1 aliphatic rings. The number of likely N-dealkylation sites (N-methyl/N-ethyl adjacent to an activating group) is 1. The fraction of sp³-hybridized carbons (Fsp3) is 0.312. The van der Waals surface area contributed by atoms with Crippen LogP contribution in [0.5, 0.6) is 0 Å². The Morgan fingerprint density at radius 3 is 3.00 bits per heavy atom. The van der Waals surface area contributed by atoms with Crippen LogP contribution < -0.4 is 9.80 Å². The Labute approximate surface area is 138 Å². The summed E-state index contributed by atoms with van der Waals surface area (Å²) in [6.45, 7) is 1.82. The van der Waals surface area contributed by atoms with Crippen molar-refractivity contribution in [1.29, 1.82) is 5.26 Å². The van der Waals surface area contributed by atoms with Gasteiger partial charge in [0, 0.05) is 36.8 Å². The van der Waals surface area contributed by atoms with Gasteiger partial charge in [-0.15, -0.1) is 0 Å². The highest BCUT2D eigenvalue weighted by Gasteiger charge is 2.28. The van der Waals surface area contributed by atoms with Gasteiger partial charge in [0.25, 0.3) is 0 Å². The molecule has 1 unspecified atom stereocenters. The molecule has 1 saturated heterocycles. The van der Waals surface area contributed by atoms with Gasteiger partial charge in [-0.25, -0.2) is 9.97 Å². The van der Waals surface area contributed by atoms with Crippen molar-refractivity contribution in [2.75, 3.05) is 29.9 Å². The van der Waals surface area contributed by atoms with Crippen molar-refractivity contribution in [2.45, 2.75) is 12.5 Å². The first-order valence-electron chi connectivity index (χ1n) is 7.12. The van der Waals surface area contributed by atoms with E-state index in [-0.39, 0.29) is 0 Å². The van der Waals surface area contributed by atoms with Gasteiger partial charge in [0.05, 0.1) is 11.3 Å². The molecule has 0 amide bonds. The van der Waals surface area contributed by atoms with Crippen molar-refractivity contribution in [1.82, 2.24) is 9.97 Å². The molecule has 0 spiro atoms. The molecule has 0 aliphatic carbocycles. The van der Waals surface area contributed by atoms with Crippen LogP contribution in [-0.2, 0) is 0 Å². The Morgan fingerprint density at radius 2 is 2.27 bits per heavy atom. The number of aromatic nitrogens is 2. The molecule has 2 aromatic rings. The van der Waals surface area contributed by atoms with E-state index in [1.807, 2.05) is 24.3 Å². The topological polar surface area (TPSA) is 56.1 Å². The maximum absolute atomic E-state index is 9.30. The number of nitrogens with zero attached hydrogens (tertiary/aromatic N) is 5.